The van der Waals surface area contributed by atoms with E-state index in [0.717, 1.165) is 16.8 Å². The minimum atomic E-state index is -0.456. The maximum atomic E-state index is 12.9. The Bertz CT molecular complexity index is 1020. The van der Waals surface area contributed by atoms with Gasteiger partial charge in [-0.25, -0.2) is 4.79 Å². The Balaban J connectivity index is 1.76. The van der Waals surface area contributed by atoms with Gasteiger partial charge in [-0.3, -0.25) is 4.99 Å². The average Bonchev–Trinajstić information content (AvgIpc) is 3.00. The largest absolute Gasteiger partial charge is 0.451 e. The van der Waals surface area contributed by atoms with E-state index in [0.29, 0.717) is 5.56 Å². The first-order chi connectivity index (χ1) is 14.0. The van der Waals surface area contributed by atoms with Crippen molar-refractivity contribution in [3.05, 3.63) is 107 Å². The lowest BCUT2D eigenvalue weighted by Gasteiger charge is -2.30. The highest BCUT2D eigenvalue weighted by Crippen LogP contribution is 2.43. The van der Waals surface area contributed by atoms with Gasteiger partial charge in [-0.1, -0.05) is 78.4 Å². The van der Waals surface area contributed by atoms with Gasteiger partial charge in [0.05, 0.1) is 22.7 Å². The number of carbonyl (C=O) groups is 1. The molecule has 3 heteroatoms. The van der Waals surface area contributed by atoms with Crippen LogP contribution < -0.4 is 0 Å². The Morgan fingerprint density at radius 2 is 1.45 bits per heavy atom. The Morgan fingerprint density at radius 3 is 2.07 bits per heavy atom. The van der Waals surface area contributed by atoms with Crippen LogP contribution in [0.2, 0.25) is 0 Å². The van der Waals surface area contributed by atoms with Crippen molar-refractivity contribution in [3.8, 4) is 0 Å². The quantitative estimate of drug-likeness (QED) is 0.551. The summed E-state index contributed by atoms with van der Waals surface area (Å²) in [5.41, 5.74) is 4.29. The number of rotatable bonds is 4. The van der Waals surface area contributed by atoms with Crippen LogP contribution in [0.3, 0.4) is 0 Å². The highest BCUT2D eigenvalue weighted by atomic mass is 16.5. The lowest BCUT2D eigenvalue weighted by atomic mass is 9.79. The van der Waals surface area contributed by atoms with Crippen LogP contribution in [-0.2, 0) is 4.74 Å². The predicted molar refractivity (Wildman–Crippen MR) is 117 cm³/mol. The zero-order valence-corrected chi connectivity index (χ0v) is 17.0. The smallest absolute Gasteiger partial charge is 0.338 e. The molecule has 0 saturated carbocycles. The third-order valence-corrected chi connectivity index (χ3v) is 5.49. The molecule has 3 nitrogen and oxygen atoms in total. The van der Waals surface area contributed by atoms with Crippen molar-refractivity contribution in [2.45, 2.75) is 38.3 Å². The lowest BCUT2D eigenvalue weighted by Crippen LogP contribution is -2.35. The van der Waals surface area contributed by atoms with E-state index in [-0.39, 0.29) is 11.9 Å². The Kier molecular flexibility index (Phi) is 5.06. The molecule has 1 heterocycles. The van der Waals surface area contributed by atoms with Crippen molar-refractivity contribution in [3.63, 3.8) is 0 Å². The molecule has 2 unspecified atom stereocenters. The van der Waals surface area contributed by atoms with Gasteiger partial charge < -0.3 is 4.74 Å². The summed E-state index contributed by atoms with van der Waals surface area (Å²) in [4.78, 5) is 18.0. The molecule has 2 atom stereocenters. The number of esters is 1. The molecule has 1 aliphatic rings. The summed E-state index contributed by atoms with van der Waals surface area (Å²) < 4.78 is 6.13. The van der Waals surface area contributed by atoms with Gasteiger partial charge in [0.25, 0.3) is 0 Å². The molecule has 146 valence electrons. The van der Waals surface area contributed by atoms with Gasteiger partial charge in [-0.2, -0.15) is 0 Å². The Morgan fingerprint density at radius 1 is 0.862 bits per heavy atom. The van der Waals surface area contributed by atoms with Crippen LogP contribution in [0.1, 0.15) is 46.8 Å². The van der Waals surface area contributed by atoms with E-state index in [2.05, 4.69) is 45.0 Å². The van der Waals surface area contributed by atoms with Crippen LogP contribution >= 0.6 is 0 Å². The van der Waals surface area contributed by atoms with Crippen molar-refractivity contribution in [1.29, 1.82) is 0 Å². The first kappa shape index (κ1) is 19.1. The molecule has 0 fully saturated rings. The third kappa shape index (κ3) is 3.86. The molecule has 0 saturated heterocycles. The molecule has 0 N–H and O–H groups in total. The van der Waals surface area contributed by atoms with Crippen molar-refractivity contribution in [1.82, 2.24) is 0 Å². The van der Waals surface area contributed by atoms with Crippen LogP contribution in [-0.4, -0.2) is 23.3 Å². The monoisotopic (exact) mass is 383 g/mol. The molecule has 0 bridgehead atoms. The van der Waals surface area contributed by atoms with E-state index in [1.165, 1.54) is 5.56 Å². The average molecular weight is 383 g/mol. The van der Waals surface area contributed by atoms with E-state index >= 15 is 0 Å². The summed E-state index contributed by atoms with van der Waals surface area (Å²) in [7, 11) is 0. The second-order valence-corrected chi connectivity index (χ2v) is 8.10. The third-order valence-electron chi connectivity index (χ3n) is 5.49. The maximum absolute atomic E-state index is 12.9. The van der Waals surface area contributed by atoms with E-state index in [1.807, 2.05) is 48.5 Å². The first-order valence-electron chi connectivity index (χ1n) is 9.93. The Hall–Kier alpha value is -3.20. The lowest BCUT2D eigenvalue weighted by molar-refractivity contribution is 0.0370. The number of aryl methyl sites for hydroxylation is 1. The van der Waals surface area contributed by atoms with Crippen LogP contribution in [0.25, 0.3) is 0 Å². The summed E-state index contributed by atoms with van der Waals surface area (Å²) in [5.74, 6) is -0.389. The fraction of sp³-hybridized carbons (Fsp3) is 0.231. The van der Waals surface area contributed by atoms with Gasteiger partial charge in [0.2, 0.25) is 0 Å². The minimum Gasteiger partial charge on any atom is -0.451 e. The van der Waals surface area contributed by atoms with Crippen LogP contribution in [0.5, 0.6) is 0 Å². The molecule has 0 amide bonds. The first-order valence-corrected chi connectivity index (χ1v) is 9.93. The highest BCUT2D eigenvalue weighted by Gasteiger charge is 2.47. The zero-order chi connectivity index (χ0) is 20.4. The van der Waals surface area contributed by atoms with Gasteiger partial charge in [-0.15, -0.1) is 0 Å². The van der Waals surface area contributed by atoms with Crippen LogP contribution in [0, 0.1) is 6.92 Å². The van der Waals surface area contributed by atoms with E-state index < -0.39 is 11.6 Å². The molecule has 1 aliphatic heterocycles. The number of hydrogen-bond donors (Lipinski definition) is 0. The summed E-state index contributed by atoms with van der Waals surface area (Å²) >= 11 is 0. The van der Waals surface area contributed by atoms with Crippen molar-refractivity contribution >= 4 is 11.7 Å². The second kappa shape index (κ2) is 7.67. The van der Waals surface area contributed by atoms with E-state index in [4.69, 9.17) is 9.73 Å². The van der Waals surface area contributed by atoms with Crippen LogP contribution in [0.15, 0.2) is 89.9 Å². The van der Waals surface area contributed by atoms with E-state index in [9.17, 15) is 4.79 Å². The minimum absolute atomic E-state index is 0.0639. The number of benzene rings is 3. The fourth-order valence-electron chi connectivity index (χ4n) is 4.05. The topological polar surface area (TPSA) is 38.7 Å². The highest BCUT2D eigenvalue weighted by molar-refractivity contribution is 6.07. The molecular weight excluding hydrogens is 358 g/mol. The summed E-state index contributed by atoms with van der Waals surface area (Å²) in [6.45, 7) is 6.29. The number of ether oxygens (including phenoxy) is 1. The number of carbonyl (C=O) groups excluding carboxylic acids is 1. The van der Waals surface area contributed by atoms with Gasteiger partial charge in [0.1, 0.15) is 0 Å². The predicted octanol–water partition coefficient (Wildman–Crippen LogP) is 5.59. The zero-order valence-electron chi connectivity index (χ0n) is 17.0. The second-order valence-electron chi connectivity index (χ2n) is 8.10. The number of hydrogen-bond acceptors (Lipinski definition) is 3. The van der Waals surface area contributed by atoms with Crippen molar-refractivity contribution in [2.24, 2.45) is 4.99 Å². The Labute approximate surface area is 172 Å². The van der Waals surface area contributed by atoms with Crippen molar-refractivity contribution in [2.75, 3.05) is 0 Å². The summed E-state index contributed by atoms with van der Waals surface area (Å²) in [5, 5.41) is 0. The maximum Gasteiger partial charge on any atom is 0.338 e. The molecule has 0 spiro atoms. The normalized spacial score (nSPS) is 20.2. The summed E-state index contributed by atoms with van der Waals surface area (Å²) in [6, 6.07) is 27.6. The molecular formula is C26H25NO2. The number of aliphatic imine (C=N–C) groups is 1. The fourth-order valence-corrected chi connectivity index (χ4v) is 4.05. The van der Waals surface area contributed by atoms with Gasteiger partial charge in [0.15, 0.2) is 6.10 Å². The molecule has 4 rings (SSSR count). The molecule has 0 radical (unpaired) electrons. The SMILES string of the molecule is Cc1ccc(C2C(OC(=O)c3ccccc3)C(c3ccccc3)=NC2(C)C)cc1. The molecule has 0 aliphatic carbocycles. The van der Waals surface area contributed by atoms with Crippen molar-refractivity contribution < 1.29 is 9.53 Å². The summed E-state index contributed by atoms with van der Waals surface area (Å²) in [6.07, 6.45) is -0.456. The van der Waals surface area contributed by atoms with Gasteiger partial charge in [-0.05, 0) is 44.0 Å². The molecule has 3 aromatic rings. The van der Waals surface area contributed by atoms with Crippen LogP contribution in [0.4, 0.5) is 0 Å². The molecule has 0 aromatic heterocycles. The molecule has 29 heavy (non-hydrogen) atoms. The standard InChI is InChI=1S/C26H25NO2/c1-18-14-16-19(17-15-18)22-24(29-25(28)21-12-8-5-9-13-21)23(27-26(22,2)3)20-10-6-4-7-11-20/h4-17,22,24H,1-3H3. The van der Waals surface area contributed by atoms with Gasteiger partial charge >= 0.3 is 5.97 Å². The van der Waals surface area contributed by atoms with Gasteiger partial charge in [0, 0.05) is 0 Å². The number of nitrogens with zero attached hydrogens (tertiary/aromatic N) is 1. The van der Waals surface area contributed by atoms with E-state index in [1.54, 1.807) is 12.1 Å². The molecule has 3 aromatic carbocycles.